The second kappa shape index (κ2) is 11.3. The van der Waals surface area contributed by atoms with Gasteiger partial charge in [-0.2, -0.15) is 0 Å². The van der Waals surface area contributed by atoms with E-state index in [0.717, 1.165) is 72.6 Å². The molecule has 220 valence electrons. The van der Waals surface area contributed by atoms with Crippen LogP contribution in [0.4, 0.5) is 5.69 Å². The number of imidazole rings is 1. The second-order valence-corrected chi connectivity index (χ2v) is 13.6. The molecule has 42 heavy (non-hydrogen) atoms. The number of carbonyl (C=O) groups is 2. The van der Waals surface area contributed by atoms with Gasteiger partial charge in [0.15, 0.2) is 0 Å². The highest BCUT2D eigenvalue weighted by atomic mass is 16.5. The molecular formula is C35H42N4O3. The minimum absolute atomic E-state index is 0.162. The van der Waals surface area contributed by atoms with E-state index < -0.39 is 5.97 Å². The molecule has 1 aliphatic heterocycles. The van der Waals surface area contributed by atoms with Crippen molar-refractivity contribution >= 4 is 17.6 Å². The van der Waals surface area contributed by atoms with Crippen LogP contribution < -0.4 is 10.6 Å². The van der Waals surface area contributed by atoms with Crippen LogP contribution in [0.2, 0.25) is 0 Å². The van der Waals surface area contributed by atoms with Gasteiger partial charge in [0.05, 0.1) is 11.6 Å². The van der Waals surface area contributed by atoms with Crippen molar-refractivity contribution in [2.75, 3.05) is 11.9 Å². The van der Waals surface area contributed by atoms with Crippen molar-refractivity contribution in [3.8, 4) is 0 Å². The number of carbonyl (C=O) groups excluding carboxylic acids is 2. The fourth-order valence-electron chi connectivity index (χ4n) is 8.78. The maximum Gasteiger partial charge on any atom is 0.338 e. The molecule has 0 radical (unpaired) electrons. The first kappa shape index (κ1) is 27.4. The summed E-state index contributed by atoms with van der Waals surface area (Å²) in [7, 11) is 0. The van der Waals surface area contributed by atoms with Crippen molar-refractivity contribution in [1.82, 2.24) is 15.3 Å². The molecule has 0 spiro atoms. The number of aromatic amines is 1. The van der Waals surface area contributed by atoms with Gasteiger partial charge in [0, 0.05) is 11.4 Å². The lowest BCUT2D eigenvalue weighted by Gasteiger charge is -2.57. The molecule has 4 saturated carbocycles. The molecule has 3 aromatic rings. The molecular weight excluding hydrogens is 524 g/mol. The Hall–Kier alpha value is -3.45. The summed E-state index contributed by atoms with van der Waals surface area (Å²) in [6.45, 7) is 3.05. The maximum atomic E-state index is 13.7. The Kier molecular flexibility index (Phi) is 7.39. The molecule has 1 aromatic heterocycles. The monoisotopic (exact) mass is 566 g/mol. The molecule has 1 amide bonds. The number of aromatic nitrogens is 2. The molecule has 5 aliphatic rings. The van der Waals surface area contributed by atoms with E-state index in [2.05, 4.69) is 15.6 Å². The third-order valence-electron chi connectivity index (χ3n) is 10.4. The lowest BCUT2D eigenvalue weighted by molar-refractivity contribution is -0.0570. The van der Waals surface area contributed by atoms with Crippen LogP contribution in [0.3, 0.4) is 0 Å². The van der Waals surface area contributed by atoms with E-state index in [9.17, 15) is 9.59 Å². The van der Waals surface area contributed by atoms with Crippen molar-refractivity contribution in [1.29, 1.82) is 0 Å². The number of nitrogens with zero attached hydrogens (tertiary/aromatic N) is 1. The van der Waals surface area contributed by atoms with Crippen molar-refractivity contribution in [2.45, 2.75) is 83.8 Å². The van der Waals surface area contributed by atoms with Gasteiger partial charge in [-0.05, 0) is 124 Å². The van der Waals surface area contributed by atoms with Gasteiger partial charge in [-0.15, -0.1) is 0 Å². The normalized spacial score (nSPS) is 27.7. The van der Waals surface area contributed by atoms with Crippen LogP contribution in [-0.4, -0.2) is 28.4 Å². The minimum Gasteiger partial charge on any atom is -0.457 e. The Bertz CT molecular complexity index is 1420. The molecule has 7 heteroatoms. The topological polar surface area (TPSA) is 96.1 Å². The maximum absolute atomic E-state index is 13.7. The Morgan fingerprint density at radius 1 is 1.02 bits per heavy atom. The number of ether oxygens (including phenoxy) is 1. The van der Waals surface area contributed by atoms with Gasteiger partial charge < -0.3 is 20.4 Å². The van der Waals surface area contributed by atoms with Crippen LogP contribution in [0.5, 0.6) is 0 Å². The first-order valence-electron chi connectivity index (χ1n) is 15.9. The summed E-state index contributed by atoms with van der Waals surface area (Å²) in [5, 5.41) is 6.57. The SMILES string of the molecule is Cc1ccc(NC(=O)c2nc([C@@H]3CCCN3)[nH]c2CCC23CC4CC(CC(C4)C2)C3)cc1C(=O)OCc1ccccc1. The lowest BCUT2D eigenvalue weighted by Crippen LogP contribution is -2.46. The molecule has 2 heterocycles. The zero-order valence-electron chi connectivity index (χ0n) is 24.6. The average molecular weight is 567 g/mol. The van der Waals surface area contributed by atoms with Crippen molar-refractivity contribution < 1.29 is 14.3 Å². The number of anilines is 1. The molecule has 1 atom stereocenters. The third kappa shape index (κ3) is 5.63. The first-order valence-corrected chi connectivity index (χ1v) is 15.9. The fourth-order valence-corrected chi connectivity index (χ4v) is 8.78. The smallest absolute Gasteiger partial charge is 0.338 e. The number of rotatable bonds is 9. The van der Waals surface area contributed by atoms with Crippen molar-refractivity contribution in [3.63, 3.8) is 0 Å². The Morgan fingerprint density at radius 2 is 1.76 bits per heavy atom. The second-order valence-electron chi connectivity index (χ2n) is 13.6. The molecule has 0 unspecified atom stereocenters. The number of benzene rings is 2. The van der Waals surface area contributed by atoms with Gasteiger partial charge in [-0.1, -0.05) is 36.4 Å². The lowest BCUT2D eigenvalue weighted by atomic mass is 9.48. The summed E-state index contributed by atoms with van der Waals surface area (Å²) >= 11 is 0. The summed E-state index contributed by atoms with van der Waals surface area (Å²) in [4.78, 5) is 35.1. The third-order valence-corrected chi connectivity index (χ3v) is 10.4. The minimum atomic E-state index is -0.405. The molecule has 1 saturated heterocycles. The van der Waals surface area contributed by atoms with Crippen LogP contribution in [0.15, 0.2) is 48.5 Å². The van der Waals surface area contributed by atoms with Gasteiger partial charge >= 0.3 is 5.97 Å². The Balaban J connectivity index is 1.08. The number of hydrogen-bond acceptors (Lipinski definition) is 5. The zero-order valence-corrected chi connectivity index (χ0v) is 24.6. The predicted octanol–water partition coefficient (Wildman–Crippen LogP) is 6.90. The van der Waals surface area contributed by atoms with E-state index in [1.165, 1.54) is 38.5 Å². The summed E-state index contributed by atoms with van der Waals surface area (Å²) < 4.78 is 5.58. The molecule has 2 aromatic carbocycles. The largest absolute Gasteiger partial charge is 0.457 e. The number of hydrogen-bond donors (Lipinski definition) is 3. The average Bonchev–Trinajstić information content (AvgIpc) is 3.66. The van der Waals surface area contributed by atoms with Crippen molar-refractivity contribution in [2.24, 2.45) is 23.2 Å². The van der Waals surface area contributed by atoms with Crippen LogP contribution in [0, 0.1) is 30.1 Å². The molecule has 4 aliphatic carbocycles. The van der Waals surface area contributed by atoms with Gasteiger partial charge in [-0.3, -0.25) is 4.79 Å². The number of esters is 1. The number of amides is 1. The molecule has 7 nitrogen and oxygen atoms in total. The van der Waals surface area contributed by atoms with E-state index in [1.54, 1.807) is 6.07 Å². The zero-order chi connectivity index (χ0) is 28.7. The van der Waals surface area contributed by atoms with Gasteiger partial charge in [0.1, 0.15) is 18.1 Å². The molecule has 3 N–H and O–H groups in total. The van der Waals surface area contributed by atoms with E-state index in [4.69, 9.17) is 9.72 Å². The number of aryl methyl sites for hydroxylation is 2. The highest BCUT2D eigenvalue weighted by Crippen LogP contribution is 2.61. The molecule has 4 bridgehead atoms. The van der Waals surface area contributed by atoms with Crippen LogP contribution >= 0.6 is 0 Å². The van der Waals surface area contributed by atoms with Gasteiger partial charge in [0.25, 0.3) is 5.91 Å². The van der Waals surface area contributed by atoms with E-state index in [0.29, 0.717) is 22.4 Å². The van der Waals surface area contributed by atoms with Crippen LogP contribution in [-0.2, 0) is 17.8 Å². The fraction of sp³-hybridized carbons (Fsp3) is 0.514. The van der Waals surface area contributed by atoms with E-state index in [-0.39, 0.29) is 18.6 Å². The quantitative estimate of drug-likeness (QED) is 0.245. The van der Waals surface area contributed by atoms with Gasteiger partial charge in [0.2, 0.25) is 0 Å². The summed E-state index contributed by atoms with van der Waals surface area (Å²) in [6.07, 6.45) is 12.5. The summed E-state index contributed by atoms with van der Waals surface area (Å²) in [5.41, 5.74) is 4.61. The molecule has 8 rings (SSSR count). The number of nitrogens with one attached hydrogen (secondary N) is 3. The predicted molar refractivity (Wildman–Crippen MR) is 162 cm³/mol. The summed E-state index contributed by atoms with van der Waals surface area (Å²) in [5.74, 6) is 2.96. The highest BCUT2D eigenvalue weighted by molar-refractivity contribution is 6.04. The Morgan fingerprint density at radius 3 is 2.45 bits per heavy atom. The van der Waals surface area contributed by atoms with E-state index in [1.807, 2.05) is 49.4 Å². The molecule has 5 fully saturated rings. The van der Waals surface area contributed by atoms with Crippen LogP contribution in [0.25, 0.3) is 0 Å². The Labute approximate surface area is 248 Å². The first-order chi connectivity index (χ1) is 20.4. The van der Waals surface area contributed by atoms with E-state index >= 15 is 0 Å². The summed E-state index contributed by atoms with van der Waals surface area (Å²) in [6, 6.07) is 15.2. The van der Waals surface area contributed by atoms with Crippen molar-refractivity contribution in [3.05, 3.63) is 82.4 Å². The number of H-pyrrole nitrogens is 1. The highest BCUT2D eigenvalue weighted by Gasteiger charge is 2.50. The van der Waals surface area contributed by atoms with Crippen LogP contribution in [0.1, 0.15) is 107 Å². The van der Waals surface area contributed by atoms with Gasteiger partial charge in [-0.25, -0.2) is 9.78 Å². The standard InChI is InChI=1S/C35H42N4O3/c1-22-9-10-27(17-28(22)34(41)42-21-23-6-3-2-4-7-23)37-33(40)31-29(38-32(39-31)30-8-5-13-36-30)11-12-35-18-24-14-25(19-35)16-26(15-24)20-35/h2-4,6-7,9-10,17,24-26,30,36H,5,8,11-16,18-21H2,1H3,(H,37,40)(H,38,39)/t24?,25?,26?,30-,35?/m0/s1.